The van der Waals surface area contributed by atoms with Crippen molar-refractivity contribution in [3.8, 4) is 11.4 Å². The van der Waals surface area contributed by atoms with Crippen LogP contribution in [-0.2, 0) is 14.3 Å². The zero-order valence-electron chi connectivity index (χ0n) is 18.6. The fourth-order valence-electron chi connectivity index (χ4n) is 3.59. The van der Waals surface area contributed by atoms with E-state index in [2.05, 4.69) is 10.6 Å². The molecule has 9 nitrogen and oxygen atoms in total. The fourth-order valence-corrected chi connectivity index (χ4v) is 4.37. The lowest BCUT2D eigenvalue weighted by atomic mass is 9.95. The Bertz CT molecular complexity index is 1210. The van der Waals surface area contributed by atoms with Crippen molar-refractivity contribution < 1.29 is 28.6 Å². The largest absolute Gasteiger partial charge is 0.497 e. The first-order valence-corrected chi connectivity index (χ1v) is 11.4. The van der Waals surface area contributed by atoms with Gasteiger partial charge in [-0.1, -0.05) is 12.1 Å². The summed E-state index contributed by atoms with van der Waals surface area (Å²) >= 11 is 1.24. The summed E-state index contributed by atoms with van der Waals surface area (Å²) < 4.78 is 17.8. The van der Waals surface area contributed by atoms with Crippen molar-refractivity contribution in [2.75, 3.05) is 20.3 Å². The SMILES string of the molecule is CCOC(=O)C1=C(COC(=O)c2sccc2-n2cccc2)NC(=O)NC1c1ccc(OC)cc1. The third kappa shape index (κ3) is 4.81. The molecule has 4 rings (SSSR count). The number of aromatic nitrogens is 1. The number of nitrogens with zero attached hydrogens (tertiary/aromatic N) is 1. The number of urea groups is 1. The first-order valence-electron chi connectivity index (χ1n) is 10.5. The van der Waals surface area contributed by atoms with Gasteiger partial charge in [-0.25, -0.2) is 14.4 Å². The molecule has 2 N–H and O–H groups in total. The molecule has 10 heteroatoms. The average molecular weight is 482 g/mol. The summed E-state index contributed by atoms with van der Waals surface area (Å²) in [5.74, 6) is -0.552. The minimum atomic E-state index is -0.787. The third-order valence-electron chi connectivity index (χ3n) is 5.16. The van der Waals surface area contributed by atoms with Gasteiger partial charge in [0, 0.05) is 12.4 Å². The Morgan fingerprint density at radius 2 is 1.79 bits per heavy atom. The molecule has 0 spiro atoms. The molecule has 1 aliphatic heterocycles. The molecule has 0 aliphatic carbocycles. The number of nitrogens with one attached hydrogen (secondary N) is 2. The van der Waals surface area contributed by atoms with Crippen LogP contribution < -0.4 is 15.4 Å². The van der Waals surface area contributed by atoms with Crippen LogP contribution in [0.15, 0.2) is 71.5 Å². The van der Waals surface area contributed by atoms with Gasteiger partial charge in [-0.3, -0.25) is 0 Å². The predicted molar refractivity (Wildman–Crippen MR) is 125 cm³/mol. The summed E-state index contributed by atoms with van der Waals surface area (Å²) in [5.41, 5.74) is 1.66. The van der Waals surface area contributed by atoms with Crippen LogP contribution in [0, 0.1) is 0 Å². The number of esters is 2. The normalized spacial score (nSPS) is 15.4. The molecule has 1 aliphatic rings. The molecule has 1 atom stereocenters. The maximum atomic E-state index is 12.9. The van der Waals surface area contributed by atoms with Crippen molar-refractivity contribution in [1.82, 2.24) is 15.2 Å². The molecule has 1 aromatic carbocycles. The number of methoxy groups -OCH3 is 1. The van der Waals surface area contributed by atoms with E-state index >= 15 is 0 Å². The lowest BCUT2D eigenvalue weighted by molar-refractivity contribution is -0.139. The highest BCUT2D eigenvalue weighted by atomic mass is 32.1. The van der Waals surface area contributed by atoms with Gasteiger partial charge in [-0.05, 0) is 48.2 Å². The van der Waals surface area contributed by atoms with Gasteiger partial charge in [0.2, 0.25) is 0 Å². The van der Waals surface area contributed by atoms with E-state index in [9.17, 15) is 14.4 Å². The van der Waals surface area contributed by atoms with Crippen LogP contribution in [0.25, 0.3) is 5.69 Å². The van der Waals surface area contributed by atoms with Crippen molar-refractivity contribution in [2.45, 2.75) is 13.0 Å². The summed E-state index contributed by atoms with van der Waals surface area (Å²) in [4.78, 5) is 38.5. The quantitative estimate of drug-likeness (QED) is 0.476. The smallest absolute Gasteiger partial charge is 0.350 e. The van der Waals surface area contributed by atoms with Crippen LogP contribution in [0.5, 0.6) is 5.75 Å². The van der Waals surface area contributed by atoms with E-state index in [1.54, 1.807) is 43.7 Å². The molecule has 3 aromatic rings. The number of rotatable bonds is 8. The summed E-state index contributed by atoms with van der Waals surface area (Å²) in [7, 11) is 1.55. The molecular weight excluding hydrogens is 458 g/mol. The number of carbonyl (C=O) groups is 3. The minimum absolute atomic E-state index is 0.147. The summed E-state index contributed by atoms with van der Waals surface area (Å²) in [6, 6.07) is 11.2. The number of amides is 2. The standard InChI is InChI=1S/C24H23N3O6S/c1-3-32-22(28)19-17(25-24(30)26-20(19)15-6-8-16(31-2)9-7-15)14-33-23(29)21-18(10-13-34-21)27-11-4-5-12-27/h4-13,20H,3,14H2,1-2H3,(H2,25,26,30). The maximum absolute atomic E-state index is 12.9. The van der Waals surface area contributed by atoms with Crippen LogP contribution in [-0.4, -0.2) is 42.9 Å². The van der Waals surface area contributed by atoms with Crippen LogP contribution in [0.4, 0.5) is 4.79 Å². The first-order chi connectivity index (χ1) is 16.5. The number of thiophene rings is 1. The Balaban J connectivity index is 1.62. The second-order valence-corrected chi connectivity index (χ2v) is 8.13. The molecule has 0 saturated carbocycles. The van der Waals surface area contributed by atoms with Crippen molar-refractivity contribution in [3.63, 3.8) is 0 Å². The molecule has 3 heterocycles. The van der Waals surface area contributed by atoms with Crippen molar-refractivity contribution >= 4 is 29.3 Å². The van der Waals surface area contributed by atoms with Gasteiger partial charge in [0.25, 0.3) is 0 Å². The minimum Gasteiger partial charge on any atom is -0.497 e. The molecule has 1 unspecified atom stereocenters. The Hall–Kier alpha value is -4.05. The molecule has 34 heavy (non-hydrogen) atoms. The van der Waals surface area contributed by atoms with Crippen LogP contribution in [0.2, 0.25) is 0 Å². The highest BCUT2D eigenvalue weighted by Gasteiger charge is 2.34. The van der Waals surface area contributed by atoms with Crippen molar-refractivity contribution in [3.05, 3.63) is 81.9 Å². The lowest BCUT2D eigenvalue weighted by Crippen LogP contribution is -2.47. The van der Waals surface area contributed by atoms with Crippen LogP contribution in [0.1, 0.15) is 28.2 Å². The van der Waals surface area contributed by atoms with Gasteiger partial charge >= 0.3 is 18.0 Å². The fraction of sp³-hybridized carbons (Fsp3) is 0.208. The van der Waals surface area contributed by atoms with Gasteiger partial charge in [0.05, 0.1) is 36.7 Å². The second kappa shape index (κ2) is 10.3. The van der Waals surface area contributed by atoms with Crippen LogP contribution in [0.3, 0.4) is 0 Å². The molecule has 0 fully saturated rings. The molecule has 0 bridgehead atoms. The first kappa shape index (κ1) is 23.1. The number of benzene rings is 1. The van der Waals surface area contributed by atoms with Gasteiger partial charge in [-0.2, -0.15) is 0 Å². The molecule has 0 radical (unpaired) electrons. The number of ether oxygens (including phenoxy) is 3. The molecule has 2 aromatic heterocycles. The van der Waals surface area contributed by atoms with E-state index < -0.39 is 24.0 Å². The van der Waals surface area contributed by atoms with Crippen molar-refractivity contribution in [1.29, 1.82) is 0 Å². The van der Waals surface area contributed by atoms with E-state index in [4.69, 9.17) is 14.2 Å². The molecular formula is C24H23N3O6S. The summed E-state index contributed by atoms with van der Waals surface area (Å²) in [5, 5.41) is 7.13. The topological polar surface area (TPSA) is 108 Å². The summed E-state index contributed by atoms with van der Waals surface area (Å²) in [6.45, 7) is 1.53. The van der Waals surface area contributed by atoms with Gasteiger partial charge in [-0.15, -0.1) is 11.3 Å². The molecule has 0 saturated heterocycles. The molecule has 2 amide bonds. The van der Waals surface area contributed by atoms with E-state index in [1.807, 2.05) is 35.2 Å². The monoisotopic (exact) mass is 481 g/mol. The highest BCUT2D eigenvalue weighted by molar-refractivity contribution is 7.12. The van der Waals surface area contributed by atoms with E-state index in [0.717, 1.165) is 0 Å². The molecule has 176 valence electrons. The van der Waals surface area contributed by atoms with Crippen LogP contribution >= 0.6 is 11.3 Å². The summed E-state index contributed by atoms with van der Waals surface area (Å²) in [6.07, 6.45) is 3.65. The van der Waals surface area contributed by atoms with Gasteiger partial charge in [0.15, 0.2) is 0 Å². The predicted octanol–water partition coefficient (Wildman–Crippen LogP) is 3.58. The Kier molecular flexibility index (Phi) is 6.98. The highest BCUT2D eigenvalue weighted by Crippen LogP contribution is 2.30. The third-order valence-corrected chi connectivity index (χ3v) is 6.04. The zero-order valence-corrected chi connectivity index (χ0v) is 19.4. The zero-order chi connectivity index (χ0) is 24.1. The van der Waals surface area contributed by atoms with Gasteiger partial charge in [0.1, 0.15) is 17.2 Å². The van der Waals surface area contributed by atoms with Crippen molar-refractivity contribution in [2.24, 2.45) is 0 Å². The van der Waals surface area contributed by atoms with E-state index in [-0.39, 0.29) is 24.5 Å². The number of hydrogen-bond acceptors (Lipinski definition) is 7. The Labute approximate surface area is 199 Å². The average Bonchev–Trinajstić information content (AvgIpc) is 3.54. The second-order valence-electron chi connectivity index (χ2n) is 7.22. The lowest BCUT2D eigenvalue weighted by Gasteiger charge is -2.29. The number of hydrogen-bond donors (Lipinski definition) is 2. The number of carbonyl (C=O) groups excluding carboxylic acids is 3. The van der Waals surface area contributed by atoms with Gasteiger partial charge < -0.3 is 29.4 Å². The Morgan fingerprint density at radius 1 is 1.06 bits per heavy atom. The van der Waals surface area contributed by atoms with E-state index in [0.29, 0.717) is 21.9 Å². The Morgan fingerprint density at radius 3 is 2.47 bits per heavy atom. The van der Waals surface area contributed by atoms with E-state index in [1.165, 1.54) is 11.3 Å². The maximum Gasteiger partial charge on any atom is 0.350 e.